The molecule has 3 rings (SSSR count). The SMILES string of the molecule is CCCC(c1ccc(O)cc1)C1CC=C(c2ccc(O)cc2)CC1. The summed E-state index contributed by atoms with van der Waals surface area (Å²) in [5, 5.41) is 19.0. The summed E-state index contributed by atoms with van der Waals surface area (Å²) in [4.78, 5) is 0. The number of phenols is 2. The lowest BCUT2D eigenvalue weighted by Gasteiger charge is -2.30. The predicted octanol–water partition coefficient (Wildman–Crippen LogP) is 5.87. The van der Waals surface area contributed by atoms with Gasteiger partial charge < -0.3 is 10.2 Å². The largest absolute Gasteiger partial charge is 0.508 e. The molecule has 2 aromatic carbocycles. The zero-order chi connectivity index (χ0) is 16.9. The molecule has 126 valence electrons. The first kappa shape index (κ1) is 16.6. The first-order chi connectivity index (χ1) is 11.7. The van der Waals surface area contributed by atoms with Crippen LogP contribution in [-0.2, 0) is 0 Å². The zero-order valence-electron chi connectivity index (χ0n) is 14.3. The van der Waals surface area contributed by atoms with Crippen LogP contribution in [0.4, 0.5) is 0 Å². The topological polar surface area (TPSA) is 40.5 Å². The van der Waals surface area contributed by atoms with Crippen LogP contribution in [0.2, 0.25) is 0 Å². The molecule has 2 heteroatoms. The number of benzene rings is 2. The molecule has 0 saturated carbocycles. The van der Waals surface area contributed by atoms with Crippen molar-refractivity contribution in [2.75, 3.05) is 0 Å². The lowest BCUT2D eigenvalue weighted by molar-refractivity contribution is 0.372. The second kappa shape index (κ2) is 7.57. The summed E-state index contributed by atoms with van der Waals surface area (Å²) in [6.07, 6.45) is 8.13. The van der Waals surface area contributed by atoms with E-state index in [-0.39, 0.29) is 0 Å². The van der Waals surface area contributed by atoms with Crippen molar-refractivity contribution in [3.8, 4) is 11.5 Å². The van der Waals surface area contributed by atoms with E-state index < -0.39 is 0 Å². The van der Waals surface area contributed by atoms with Crippen molar-refractivity contribution in [1.82, 2.24) is 0 Å². The van der Waals surface area contributed by atoms with Crippen LogP contribution in [0.1, 0.15) is 56.1 Å². The Morgan fingerprint density at radius 3 is 2.12 bits per heavy atom. The normalized spacial score (nSPS) is 18.9. The van der Waals surface area contributed by atoms with Crippen molar-refractivity contribution in [3.63, 3.8) is 0 Å². The molecular formula is C22H26O2. The van der Waals surface area contributed by atoms with Gasteiger partial charge in [0.25, 0.3) is 0 Å². The molecule has 0 amide bonds. The molecule has 0 spiro atoms. The van der Waals surface area contributed by atoms with Gasteiger partial charge in [0.15, 0.2) is 0 Å². The Balaban J connectivity index is 1.75. The standard InChI is InChI=1S/C22H26O2/c1-2-3-22(19-10-14-21(24)15-11-19)18-6-4-16(5-7-18)17-8-12-20(23)13-9-17/h4,8-15,18,22-24H,2-3,5-7H2,1H3. The van der Waals surface area contributed by atoms with E-state index in [9.17, 15) is 10.2 Å². The highest BCUT2D eigenvalue weighted by Crippen LogP contribution is 2.40. The highest BCUT2D eigenvalue weighted by Gasteiger charge is 2.25. The van der Waals surface area contributed by atoms with E-state index in [1.165, 1.54) is 36.0 Å². The van der Waals surface area contributed by atoms with Crippen LogP contribution in [0.3, 0.4) is 0 Å². The van der Waals surface area contributed by atoms with Gasteiger partial charge in [-0.1, -0.05) is 43.7 Å². The van der Waals surface area contributed by atoms with Gasteiger partial charge in [-0.3, -0.25) is 0 Å². The van der Waals surface area contributed by atoms with Gasteiger partial charge in [-0.25, -0.2) is 0 Å². The van der Waals surface area contributed by atoms with Gasteiger partial charge >= 0.3 is 0 Å². The van der Waals surface area contributed by atoms with Crippen LogP contribution in [0, 0.1) is 5.92 Å². The van der Waals surface area contributed by atoms with Gasteiger partial charge in [0.05, 0.1) is 0 Å². The van der Waals surface area contributed by atoms with E-state index in [0.29, 0.717) is 23.3 Å². The van der Waals surface area contributed by atoms with E-state index in [2.05, 4.69) is 25.1 Å². The number of aromatic hydroxyl groups is 2. The molecule has 2 atom stereocenters. The van der Waals surface area contributed by atoms with E-state index in [0.717, 1.165) is 12.8 Å². The monoisotopic (exact) mass is 322 g/mol. The Hall–Kier alpha value is -2.22. The van der Waals surface area contributed by atoms with Gasteiger partial charge in [0.1, 0.15) is 11.5 Å². The van der Waals surface area contributed by atoms with Crippen molar-refractivity contribution < 1.29 is 10.2 Å². The molecule has 0 saturated heterocycles. The third-order valence-electron chi connectivity index (χ3n) is 5.18. The Bertz CT molecular complexity index is 683. The molecule has 1 aliphatic rings. The molecule has 2 unspecified atom stereocenters. The van der Waals surface area contributed by atoms with Crippen LogP contribution in [0.25, 0.3) is 5.57 Å². The molecule has 0 bridgehead atoms. The van der Waals surface area contributed by atoms with Crippen LogP contribution < -0.4 is 0 Å². The van der Waals surface area contributed by atoms with Gasteiger partial charge in [0.2, 0.25) is 0 Å². The second-order valence-electron chi connectivity index (χ2n) is 6.80. The lowest BCUT2D eigenvalue weighted by Crippen LogP contribution is -2.15. The third kappa shape index (κ3) is 3.81. The molecule has 0 heterocycles. The Kier molecular flexibility index (Phi) is 5.24. The number of hydrogen-bond donors (Lipinski definition) is 2. The van der Waals surface area contributed by atoms with Crippen LogP contribution in [0.5, 0.6) is 11.5 Å². The molecule has 0 aliphatic heterocycles. The quantitative estimate of drug-likeness (QED) is 0.723. The first-order valence-corrected chi connectivity index (χ1v) is 8.94. The van der Waals surface area contributed by atoms with E-state index in [1.54, 1.807) is 24.3 Å². The van der Waals surface area contributed by atoms with Gasteiger partial charge in [0, 0.05) is 0 Å². The fourth-order valence-electron chi connectivity index (χ4n) is 3.86. The highest BCUT2D eigenvalue weighted by molar-refractivity contribution is 5.66. The average molecular weight is 322 g/mol. The van der Waals surface area contributed by atoms with E-state index in [1.807, 2.05) is 12.1 Å². The van der Waals surface area contributed by atoms with Crippen molar-refractivity contribution >= 4 is 5.57 Å². The Morgan fingerprint density at radius 1 is 0.958 bits per heavy atom. The molecule has 1 aliphatic carbocycles. The maximum atomic E-state index is 9.53. The molecule has 2 N–H and O–H groups in total. The summed E-state index contributed by atoms with van der Waals surface area (Å²) in [5.74, 6) is 1.89. The van der Waals surface area contributed by atoms with Crippen LogP contribution >= 0.6 is 0 Å². The minimum Gasteiger partial charge on any atom is -0.508 e. The van der Waals surface area contributed by atoms with Crippen molar-refractivity contribution in [3.05, 3.63) is 65.7 Å². The molecule has 0 aromatic heterocycles. The lowest BCUT2D eigenvalue weighted by atomic mass is 9.74. The molecular weight excluding hydrogens is 296 g/mol. The Morgan fingerprint density at radius 2 is 1.58 bits per heavy atom. The smallest absolute Gasteiger partial charge is 0.115 e. The van der Waals surface area contributed by atoms with Gasteiger partial charge in [-0.2, -0.15) is 0 Å². The number of phenolic OH excluding ortho intramolecular Hbond substituents is 2. The number of hydrogen-bond acceptors (Lipinski definition) is 2. The van der Waals surface area contributed by atoms with E-state index in [4.69, 9.17) is 0 Å². The summed E-state index contributed by atoms with van der Waals surface area (Å²) < 4.78 is 0. The zero-order valence-corrected chi connectivity index (χ0v) is 14.3. The molecule has 2 nitrogen and oxygen atoms in total. The molecule has 0 radical (unpaired) electrons. The summed E-state index contributed by atoms with van der Waals surface area (Å²) in [5.41, 5.74) is 3.97. The average Bonchev–Trinajstić information content (AvgIpc) is 2.62. The second-order valence-corrected chi connectivity index (χ2v) is 6.80. The fourth-order valence-corrected chi connectivity index (χ4v) is 3.86. The maximum absolute atomic E-state index is 9.53. The van der Waals surface area contributed by atoms with Crippen LogP contribution in [-0.4, -0.2) is 10.2 Å². The maximum Gasteiger partial charge on any atom is 0.115 e. The minimum atomic E-state index is 0.323. The van der Waals surface area contributed by atoms with Gasteiger partial charge in [-0.05, 0) is 78.5 Å². The highest BCUT2D eigenvalue weighted by atomic mass is 16.3. The van der Waals surface area contributed by atoms with Gasteiger partial charge in [-0.15, -0.1) is 0 Å². The fraction of sp³-hybridized carbons (Fsp3) is 0.364. The van der Waals surface area contributed by atoms with Crippen molar-refractivity contribution in [2.24, 2.45) is 5.92 Å². The summed E-state index contributed by atoms with van der Waals surface area (Å²) in [6.45, 7) is 2.24. The Labute approximate surface area is 144 Å². The molecule has 0 fully saturated rings. The minimum absolute atomic E-state index is 0.323. The third-order valence-corrected chi connectivity index (χ3v) is 5.18. The first-order valence-electron chi connectivity index (χ1n) is 8.94. The van der Waals surface area contributed by atoms with Crippen molar-refractivity contribution in [2.45, 2.75) is 44.9 Å². The predicted molar refractivity (Wildman–Crippen MR) is 99.2 cm³/mol. The van der Waals surface area contributed by atoms with Crippen molar-refractivity contribution in [1.29, 1.82) is 0 Å². The molecule has 2 aromatic rings. The van der Waals surface area contributed by atoms with E-state index >= 15 is 0 Å². The summed E-state index contributed by atoms with van der Waals surface area (Å²) in [7, 11) is 0. The molecule has 24 heavy (non-hydrogen) atoms. The van der Waals surface area contributed by atoms with Crippen LogP contribution in [0.15, 0.2) is 54.6 Å². The number of allylic oxidation sites excluding steroid dienone is 2. The number of rotatable bonds is 5. The summed E-state index contributed by atoms with van der Waals surface area (Å²) in [6, 6.07) is 15.3. The summed E-state index contributed by atoms with van der Waals surface area (Å²) >= 11 is 0.